The first kappa shape index (κ1) is 16.3. The number of amides is 1. The molecule has 6 nitrogen and oxygen atoms in total. The summed E-state index contributed by atoms with van der Waals surface area (Å²) in [5.74, 6) is -0.252. The molecule has 4 rings (SSSR count). The number of carbonyl (C=O) groups is 1. The topological polar surface area (TPSA) is 68.9 Å². The Morgan fingerprint density at radius 1 is 1.15 bits per heavy atom. The quantitative estimate of drug-likeness (QED) is 0.605. The minimum atomic E-state index is -0.252. The van der Waals surface area contributed by atoms with E-state index in [-0.39, 0.29) is 11.5 Å². The third-order valence-electron chi connectivity index (χ3n) is 4.05. The molecule has 0 saturated carbocycles. The van der Waals surface area contributed by atoms with Crippen molar-refractivity contribution in [2.75, 3.05) is 0 Å². The molecule has 0 atom stereocenters. The Morgan fingerprint density at radius 3 is 2.69 bits per heavy atom. The highest BCUT2D eigenvalue weighted by Crippen LogP contribution is 2.22. The molecule has 0 aliphatic carbocycles. The van der Waals surface area contributed by atoms with Crippen LogP contribution < -0.4 is 10.9 Å². The van der Waals surface area contributed by atoms with Gasteiger partial charge in [0.1, 0.15) is 5.69 Å². The van der Waals surface area contributed by atoms with Crippen molar-refractivity contribution in [1.82, 2.24) is 19.7 Å². The molecule has 2 aliphatic rings. The van der Waals surface area contributed by atoms with Crippen LogP contribution in [-0.2, 0) is 13.6 Å². The van der Waals surface area contributed by atoms with Gasteiger partial charge in [0, 0.05) is 24.3 Å². The van der Waals surface area contributed by atoms with Crippen molar-refractivity contribution in [3.05, 3.63) is 81.0 Å². The summed E-state index contributed by atoms with van der Waals surface area (Å²) in [6.45, 7) is 0.445. The molecular formula is C19H16N4O2S. The fourth-order valence-electron chi connectivity index (χ4n) is 2.82. The number of thiophene rings is 1. The lowest BCUT2D eigenvalue weighted by molar-refractivity contribution is 0.0951. The highest BCUT2D eigenvalue weighted by molar-refractivity contribution is 7.09. The summed E-state index contributed by atoms with van der Waals surface area (Å²) >= 11 is 1.58. The minimum absolute atomic E-state index is 0.241. The van der Waals surface area contributed by atoms with Gasteiger partial charge in [-0.1, -0.05) is 24.3 Å². The van der Waals surface area contributed by atoms with Crippen molar-refractivity contribution in [2.45, 2.75) is 6.54 Å². The highest BCUT2D eigenvalue weighted by atomic mass is 32.1. The molecule has 1 amide bonds. The molecule has 0 unspecified atom stereocenters. The van der Waals surface area contributed by atoms with Crippen LogP contribution in [0.2, 0.25) is 0 Å². The Kier molecular flexibility index (Phi) is 4.14. The van der Waals surface area contributed by atoms with E-state index in [1.165, 1.54) is 4.68 Å². The van der Waals surface area contributed by atoms with Gasteiger partial charge in [-0.25, -0.2) is 0 Å². The Bertz CT molecular complexity index is 1080. The van der Waals surface area contributed by atoms with Crippen molar-refractivity contribution >= 4 is 17.2 Å². The number of nitrogens with one attached hydrogen (secondary N) is 1. The first-order valence-corrected chi connectivity index (χ1v) is 8.96. The summed E-state index contributed by atoms with van der Waals surface area (Å²) in [4.78, 5) is 26.5. The van der Waals surface area contributed by atoms with Gasteiger partial charge in [0.05, 0.1) is 23.4 Å². The third-order valence-corrected chi connectivity index (χ3v) is 4.92. The van der Waals surface area contributed by atoms with E-state index in [0.717, 1.165) is 4.88 Å². The van der Waals surface area contributed by atoms with E-state index in [2.05, 4.69) is 10.4 Å². The standard InChI is InChI=1S/C19H16N4O2S/c1-22-11-15(18(24)20-10-14-8-5-9-26-14)17-16(12-22)19(25)23(21-17)13-6-3-2-4-7-13/h2-9,11-12H,10H2,1H3,(H,20,24). The van der Waals surface area contributed by atoms with Gasteiger partial charge in [0.25, 0.3) is 11.5 Å². The van der Waals surface area contributed by atoms with Crippen LogP contribution in [0.15, 0.2) is 65.0 Å². The van der Waals surface area contributed by atoms with E-state index < -0.39 is 0 Å². The van der Waals surface area contributed by atoms with Gasteiger partial charge in [-0.05, 0) is 23.6 Å². The van der Waals surface area contributed by atoms with Crippen molar-refractivity contribution in [2.24, 2.45) is 7.05 Å². The van der Waals surface area contributed by atoms with Crippen LogP contribution in [0.3, 0.4) is 0 Å². The van der Waals surface area contributed by atoms with E-state index in [9.17, 15) is 9.59 Å². The number of para-hydroxylation sites is 1. The number of benzene rings is 1. The molecule has 26 heavy (non-hydrogen) atoms. The SMILES string of the molecule is Cn1cc(C(=O)NCc2cccs2)c2nn(-c3ccccc3)c(=O)c-2c1. The zero-order chi connectivity index (χ0) is 18.1. The van der Waals surface area contributed by atoms with Crippen LogP contribution in [0.25, 0.3) is 16.9 Å². The van der Waals surface area contributed by atoms with Crippen molar-refractivity contribution in [3.8, 4) is 16.9 Å². The summed E-state index contributed by atoms with van der Waals surface area (Å²) in [5.41, 5.74) is 1.63. The lowest BCUT2D eigenvalue weighted by atomic mass is 10.1. The first-order chi connectivity index (χ1) is 12.6. The zero-order valence-corrected chi connectivity index (χ0v) is 14.9. The molecule has 0 radical (unpaired) electrons. The van der Waals surface area contributed by atoms with Crippen LogP contribution in [0.5, 0.6) is 0 Å². The van der Waals surface area contributed by atoms with Gasteiger partial charge in [0.15, 0.2) is 0 Å². The number of fused-ring (bicyclic) bond motifs is 1. The number of pyridine rings is 1. The number of rotatable bonds is 4. The van der Waals surface area contributed by atoms with E-state index >= 15 is 0 Å². The third kappa shape index (κ3) is 2.93. The van der Waals surface area contributed by atoms with Gasteiger partial charge in [-0.3, -0.25) is 9.59 Å². The average Bonchev–Trinajstić information content (AvgIpc) is 3.28. The van der Waals surface area contributed by atoms with Gasteiger partial charge in [-0.15, -0.1) is 11.3 Å². The Morgan fingerprint density at radius 2 is 1.96 bits per heavy atom. The second kappa shape index (κ2) is 6.61. The maximum atomic E-state index is 12.8. The van der Waals surface area contributed by atoms with Gasteiger partial charge < -0.3 is 9.88 Å². The molecule has 3 heterocycles. The Balaban J connectivity index is 1.75. The summed E-state index contributed by atoms with van der Waals surface area (Å²) in [7, 11) is 1.79. The molecule has 1 aromatic carbocycles. The summed E-state index contributed by atoms with van der Waals surface area (Å²) in [6.07, 6.45) is 3.38. The molecule has 0 fully saturated rings. The summed E-state index contributed by atoms with van der Waals surface area (Å²) < 4.78 is 3.04. The number of hydrogen-bond donors (Lipinski definition) is 1. The van der Waals surface area contributed by atoms with Crippen molar-refractivity contribution < 1.29 is 4.79 Å². The maximum Gasteiger partial charge on any atom is 0.282 e. The van der Waals surface area contributed by atoms with Crippen LogP contribution in [0.4, 0.5) is 0 Å². The maximum absolute atomic E-state index is 12.8. The molecule has 0 spiro atoms. The van der Waals surface area contributed by atoms with Gasteiger partial charge >= 0.3 is 0 Å². The van der Waals surface area contributed by atoms with Crippen LogP contribution in [0.1, 0.15) is 15.2 Å². The van der Waals surface area contributed by atoms with E-state index in [1.807, 2.05) is 47.8 Å². The molecule has 7 heteroatoms. The summed E-state index contributed by atoms with van der Waals surface area (Å²) in [5, 5.41) is 9.28. The Labute approximate surface area is 153 Å². The molecule has 1 N–H and O–H groups in total. The predicted octanol–water partition coefficient (Wildman–Crippen LogP) is 2.67. The largest absolute Gasteiger partial charge is 0.356 e. The van der Waals surface area contributed by atoms with Crippen molar-refractivity contribution in [1.29, 1.82) is 0 Å². The second-order valence-electron chi connectivity index (χ2n) is 5.91. The number of hydrogen-bond acceptors (Lipinski definition) is 4. The first-order valence-electron chi connectivity index (χ1n) is 8.08. The average molecular weight is 364 g/mol. The van der Waals surface area contributed by atoms with Gasteiger partial charge in [0.2, 0.25) is 0 Å². The monoisotopic (exact) mass is 364 g/mol. The fraction of sp³-hybridized carbons (Fsp3) is 0.105. The molecule has 1 aromatic heterocycles. The number of nitrogens with zero attached hydrogens (tertiary/aromatic N) is 3. The molecule has 0 saturated heterocycles. The van der Waals surface area contributed by atoms with Crippen molar-refractivity contribution in [3.63, 3.8) is 0 Å². The van der Waals surface area contributed by atoms with E-state index in [1.54, 1.807) is 35.3 Å². The molecular weight excluding hydrogens is 348 g/mol. The highest BCUT2D eigenvalue weighted by Gasteiger charge is 2.23. The minimum Gasteiger partial charge on any atom is -0.356 e. The molecule has 2 aliphatic heterocycles. The van der Waals surface area contributed by atoms with E-state index in [4.69, 9.17) is 0 Å². The zero-order valence-electron chi connectivity index (χ0n) is 14.0. The number of aromatic nitrogens is 3. The molecule has 0 bridgehead atoms. The normalized spacial score (nSPS) is 11.0. The Hall–Kier alpha value is -3.19. The second-order valence-corrected chi connectivity index (χ2v) is 6.95. The lowest BCUT2D eigenvalue weighted by Crippen LogP contribution is -2.24. The number of aryl methyl sites for hydroxylation is 1. The molecule has 2 aromatic rings. The van der Waals surface area contributed by atoms with E-state index in [0.29, 0.717) is 29.1 Å². The smallest absolute Gasteiger partial charge is 0.282 e. The lowest BCUT2D eigenvalue weighted by Gasteiger charge is -2.09. The predicted molar refractivity (Wildman–Crippen MR) is 101 cm³/mol. The summed E-state index contributed by atoms with van der Waals surface area (Å²) in [6, 6.07) is 13.1. The molecule has 130 valence electrons. The van der Waals surface area contributed by atoms with Gasteiger partial charge in [-0.2, -0.15) is 9.78 Å². The van der Waals surface area contributed by atoms with Crippen LogP contribution in [-0.4, -0.2) is 20.3 Å². The fourth-order valence-corrected chi connectivity index (χ4v) is 3.47. The number of carbonyl (C=O) groups excluding carboxylic acids is 1. The van der Waals surface area contributed by atoms with Crippen LogP contribution >= 0.6 is 11.3 Å². The van der Waals surface area contributed by atoms with Crippen LogP contribution in [0, 0.1) is 0 Å².